The Morgan fingerprint density at radius 1 is 1.42 bits per heavy atom. The van der Waals surface area contributed by atoms with Crippen LogP contribution in [0.1, 0.15) is 28.8 Å². The molecule has 0 saturated heterocycles. The fourth-order valence-corrected chi connectivity index (χ4v) is 2.18. The summed E-state index contributed by atoms with van der Waals surface area (Å²) in [4.78, 5) is 11.8. The van der Waals surface area contributed by atoms with E-state index in [-0.39, 0.29) is 16.4 Å². The molecule has 0 heterocycles. The lowest BCUT2D eigenvalue weighted by Gasteiger charge is -2.07. The summed E-state index contributed by atoms with van der Waals surface area (Å²) in [5.41, 5.74) is 0.921. The normalized spacial score (nSPS) is 10.8. The molecule has 3 N–H and O–H groups in total. The van der Waals surface area contributed by atoms with E-state index in [1.54, 1.807) is 13.0 Å². The molecule has 0 fully saturated rings. The van der Waals surface area contributed by atoms with Gasteiger partial charge in [0.25, 0.3) is 5.91 Å². The lowest BCUT2D eigenvalue weighted by atomic mass is 10.1. The fraction of sp³-hybridized carbons (Fsp3) is 0.308. The van der Waals surface area contributed by atoms with Gasteiger partial charge in [-0.1, -0.05) is 0 Å². The number of sulfonamides is 1. The van der Waals surface area contributed by atoms with E-state index in [1.807, 2.05) is 0 Å². The van der Waals surface area contributed by atoms with Gasteiger partial charge in [-0.3, -0.25) is 4.79 Å². The summed E-state index contributed by atoms with van der Waals surface area (Å²) >= 11 is 0. The molecule has 0 aliphatic heterocycles. The van der Waals surface area contributed by atoms with E-state index in [2.05, 4.69) is 11.2 Å². The van der Waals surface area contributed by atoms with E-state index < -0.39 is 10.0 Å². The van der Waals surface area contributed by atoms with Crippen molar-refractivity contribution in [2.45, 2.75) is 24.7 Å². The third-order valence-corrected chi connectivity index (χ3v) is 3.32. The van der Waals surface area contributed by atoms with E-state index in [0.29, 0.717) is 24.9 Å². The lowest BCUT2D eigenvalue weighted by molar-refractivity contribution is 0.0953. The van der Waals surface area contributed by atoms with Crippen LogP contribution in [0.15, 0.2) is 23.1 Å². The molecule has 1 aromatic carbocycles. The second kappa shape index (κ2) is 6.36. The second-order valence-electron chi connectivity index (χ2n) is 4.14. The molecular weight excluding hydrogens is 264 g/mol. The Labute approximate surface area is 113 Å². The lowest BCUT2D eigenvalue weighted by Crippen LogP contribution is -2.25. The van der Waals surface area contributed by atoms with Crippen molar-refractivity contribution in [3.8, 4) is 12.3 Å². The highest BCUT2D eigenvalue weighted by molar-refractivity contribution is 7.89. The van der Waals surface area contributed by atoms with Gasteiger partial charge < -0.3 is 5.32 Å². The SMILES string of the molecule is C#CCCCNC(=O)c1cc(C)cc(S(N)(=O)=O)c1. The molecule has 1 amide bonds. The van der Waals surface area contributed by atoms with E-state index in [9.17, 15) is 13.2 Å². The Hall–Kier alpha value is -1.84. The molecule has 5 nitrogen and oxygen atoms in total. The Balaban J connectivity index is 2.87. The zero-order valence-electron chi connectivity index (χ0n) is 10.6. The maximum absolute atomic E-state index is 11.8. The van der Waals surface area contributed by atoms with Gasteiger partial charge in [0.15, 0.2) is 0 Å². The van der Waals surface area contributed by atoms with Crippen LogP contribution in [0.4, 0.5) is 0 Å². The molecule has 0 unspecified atom stereocenters. The monoisotopic (exact) mass is 280 g/mol. The van der Waals surface area contributed by atoms with Crippen LogP contribution < -0.4 is 10.5 Å². The Kier molecular flexibility index (Phi) is 5.10. The number of aryl methyl sites for hydroxylation is 1. The van der Waals surface area contributed by atoms with Crippen molar-refractivity contribution >= 4 is 15.9 Å². The van der Waals surface area contributed by atoms with Gasteiger partial charge in [0.1, 0.15) is 0 Å². The first-order chi connectivity index (χ1) is 8.84. The van der Waals surface area contributed by atoms with Gasteiger partial charge in [0.2, 0.25) is 10.0 Å². The number of carbonyl (C=O) groups excluding carboxylic acids is 1. The number of hydrogen-bond acceptors (Lipinski definition) is 3. The van der Waals surface area contributed by atoms with Crippen molar-refractivity contribution in [2.24, 2.45) is 5.14 Å². The van der Waals surface area contributed by atoms with Gasteiger partial charge in [0, 0.05) is 18.5 Å². The number of hydrogen-bond donors (Lipinski definition) is 2. The number of benzene rings is 1. The predicted octanol–water partition coefficient (Wildman–Crippen LogP) is 0.786. The molecule has 0 bridgehead atoms. The maximum Gasteiger partial charge on any atom is 0.251 e. The van der Waals surface area contributed by atoms with Crippen LogP contribution in [0.3, 0.4) is 0 Å². The molecule has 6 heteroatoms. The van der Waals surface area contributed by atoms with Crippen LogP contribution in [-0.2, 0) is 10.0 Å². The molecule has 1 rings (SSSR count). The molecule has 1 aromatic rings. The molecule has 0 aliphatic rings. The molecule has 0 radical (unpaired) electrons. The molecule has 0 atom stereocenters. The third kappa shape index (κ3) is 4.73. The van der Waals surface area contributed by atoms with Gasteiger partial charge in [0.05, 0.1) is 4.90 Å². The number of terminal acetylenes is 1. The van der Waals surface area contributed by atoms with Crippen LogP contribution in [0.25, 0.3) is 0 Å². The summed E-state index contributed by atoms with van der Waals surface area (Å²) in [5.74, 6) is 2.13. The third-order valence-electron chi connectivity index (χ3n) is 2.43. The Morgan fingerprint density at radius 3 is 2.68 bits per heavy atom. The van der Waals surface area contributed by atoms with Crippen LogP contribution in [0.5, 0.6) is 0 Å². The zero-order valence-corrected chi connectivity index (χ0v) is 11.5. The quantitative estimate of drug-likeness (QED) is 0.617. The number of nitrogens with one attached hydrogen (secondary N) is 1. The first-order valence-corrected chi connectivity index (χ1v) is 7.25. The van der Waals surface area contributed by atoms with Gasteiger partial charge in [-0.05, 0) is 37.1 Å². The van der Waals surface area contributed by atoms with E-state index in [1.165, 1.54) is 12.1 Å². The number of nitrogens with two attached hydrogens (primary N) is 1. The average Bonchev–Trinajstić information content (AvgIpc) is 2.32. The van der Waals surface area contributed by atoms with E-state index in [4.69, 9.17) is 11.6 Å². The average molecular weight is 280 g/mol. The molecule has 102 valence electrons. The van der Waals surface area contributed by atoms with Crippen molar-refractivity contribution < 1.29 is 13.2 Å². The van der Waals surface area contributed by atoms with Crippen LogP contribution in [0.2, 0.25) is 0 Å². The van der Waals surface area contributed by atoms with Gasteiger partial charge >= 0.3 is 0 Å². The second-order valence-corrected chi connectivity index (χ2v) is 5.70. The van der Waals surface area contributed by atoms with E-state index in [0.717, 1.165) is 0 Å². The van der Waals surface area contributed by atoms with Crippen molar-refractivity contribution in [1.29, 1.82) is 0 Å². The van der Waals surface area contributed by atoms with Crippen molar-refractivity contribution in [3.63, 3.8) is 0 Å². The maximum atomic E-state index is 11.8. The number of primary sulfonamides is 1. The molecule has 0 saturated carbocycles. The highest BCUT2D eigenvalue weighted by Crippen LogP contribution is 2.13. The summed E-state index contributed by atoms with van der Waals surface area (Å²) in [6.07, 6.45) is 6.36. The zero-order chi connectivity index (χ0) is 14.5. The summed E-state index contributed by atoms with van der Waals surface area (Å²) in [6, 6.07) is 4.29. The first-order valence-electron chi connectivity index (χ1n) is 5.71. The minimum Gasteiger partial charge on any atom is -0.352 e. The summed E-state index contributed by atoms with van der Waals surface area (Å²) < 4.78 is 22.6. The van der Waals surface area contributed by atoms with Gasteiger partial charge in [-0.2, -0.15) is 0 Å². The summed E-state index contributed by atoms with van der Waals surface area (Å²) in [6.45, 7) is 2.14. The number of carbonyl (C=O) groups is 1. The number of amides is 1. The van der Waals surface area contributed by atoms with Crippen molar-refractivity contribution in [2.75, 3.05) is 6.54 Å². The number of unbranched alkanes of at least 4 members (excludes halogenated alkanes) is 1. The van der Waals surface area contributed by atoms with Crippen LogP contribution in [0, 0.1) is 19.3 Å². The van der Waals surface area contributed by atoms with E-state index >= 15 is 0 Å². The molecular formula is C13H16N2O3S. The topological polar surface area (TPSA) is 89.3 Å². The minimum atomic E-state index is -3.82. The van der Waals surface area contributed by atoms with Crippen molar-refractivity contribution in [3.05, 3.63) is 29.3 Å². The van der Waals surface area contributed by atoms with Crippen LogP contribution in [-0.4, -0.2) is 20.9 Å². The Morgan fingerprint density at radius 2 is 2.11 bits per heavy atom. The van der Waals surface area contributed by atoms with Gasteiger partial charge in [-0.25, -0.2) is 13.6 Å². The van der Waals surface area contributed by atoms with Crippen molar-refractivity contribution in [1.82, 2.24) is 5.32 Å². The predicted molar refractivity (Wildman–Crippen MR) is 73.0 cm³/mol. The molecule has 19 heavy (non-hydrogen) atoms. The first kappa shape index (κ1) is 15.2. The highest BCUT2D eigenvalue weighted by Gasteiger charge is 2.13. The summed E-state index contributed by atoms with van der Waals surface area (Å²) in [5, 5.41) is 7.72. The summed E-state index contributed by atoms with van der Waals surface area (Å²) in [7, 11) is -3.82. The smallest absolute Gasteiger partial charge is 0.251 e. The van der Waals surface area contributed by atoms with Gasteiger partial charge in [-0.15, -0.1) is 12.3 Å². The fourth-order valence-electron chi connectivity index (χ4n) is 1.54. The Bertz CT molecular complexity index is 615. The minimum absolute atomic E-state index is 0.0683. The largest absolute Gasteiger partial charge is 0.352 e. The molecule has 0 aliphatic carbocycles. The van der Waals surface area contributed by atoms with Crippen LogP contribution >= 0.6 is 0 Å². The molecule has 0 spiro atoms. The standard InChI is InChI=1S/C13H16N2O3S/c1-3-4-5-6-15-13(16)11-7-10(2)8-12(9-11)19(14,17)18/h1,7-9H,4-6H2,2H3,(H,15,16)(H2,14,17,18). The molecule has 0 aromatic heterocycles. The highest BCUT2D eigenvalue weighted by atomic mass is 32.2. The number of rotatable bonds is 5.